The van der Waals surface area contributed by atoms with E-state index in [0.29, 0.717) is 5.56 Å². The molecule has 0 aliphatic heterocycles. The van der Waals surface area contributed by atoms with E-state index in [1.54, 1.807) is 6.92 Å². The van der Waals surface area contributed by atoms with Crippen molar-refractivity contribution < 1.29 is 24.1 Å². The second-order valence-electron chi connectivity index (χ2n) is 3.18. The van der Waals surface area contributed by atoms with Crippen molar-refractivity contribution in [3.8, 4) is 5.75 Å². The fourth-order valence-electron chi connectivity index (χ4n) is 1.22. The zero-order valence-electron chi connectivity index (χ0n) is 8.62. The van der Waals surface area contributed by atoms with E-state index in [9.17, 15) is 19.4 Å². The maximum atomic E-state index is 13.5. The smallest absolute Gasteiger partial charge is 0.339 e. The first-order chi connectivity index (χ1) is 7.40. The van der Waals surface area contributed by atoms with Crippen molar-refractivity contribution in [2.24, 2.45) is 0 Å². The van der Waals surface area contributed by atoms with Crippen molar-refractivity contribution in [1.82, 2.24) is 0 Å². The highest BCUT2D eigenvalue weighted by Crippen LogP contribution is 2.34. The van der Waals surface area contributed by atoms with Gasteiger partial charge in [0, 0.05) is 5.56 Å². The van der Waals surface area contributed by atoms with Gasteiger partial charge in [-0.1, -0.05) is 0 Å². The van der Waals surface area contributed by atoms with Gasteiger partial charge in [0.25, 0.3) is 0 Å². The fourth-order valence-corrected chi connectivity index (χ4v) is 1.51. The minimum Gasteiger partial charge on any atom is -0.504 e. The van der Waals surface area contributed by atoms with Crippen molar-refractivity contribution in [3.63, 3.8) is 0 Å². The predicted molar refractivity (Wildman–Crippen MR) is 57.5 cm³/mol. The van der Waals surface area contributed by atoms with E-state index in [1.165, 1.54) is 6.07 Å². The first-order valence-electron chi connectivity index (χ1n) is 4.33. The number of benzene rings is 1. The van der Waals surface area contributed by atoms with Crippen LogP contribution in [0, 0.1) is 12.7 Å². The van der Waals surface area contributed by atoms with Crippen LogP contribution in [0.25, 0.3) is 0 Å². The van der Waals surface area contributed by atoms with E-state index >= 15 is 0 Å². The third kappa shape index (κ3) is 2.17. The zero-order chi connectivity index (χ0) is 12.5. The van der Waals surface area contributed by atoms with Crippen molar-refractivity contribution in [2.75, 3.05) is 7.11 Å². The zero-order valence-corrected chi connectivity index (χ0v) is 10.2. The largest absolute Gasteiger partial charge is 0.504 e. The van der Waals surface area contributed by atoms with Crippen LogP contribution < -0.4 is 0 Å². The molecule has 1 aromatic carbocycles. The Bertz CT molecular complexity index is 433. The molecule has 88 valence electrons. The summed E-state index contributed by atoms with van der Waals surface area (Å²) in [6.45, 7) is 1.59. The van der Waals surface area contributed by atoms with Gasteiger partial charge in [-0.2, -0.15) is 0 Å². The Hall–Kier alpha value is -1.14. The summed E-state index contributed by atoms with van der Waals surface area (Å²) < 4.78 is 18.0. The molecular formula is C10H10BrFO4. The number of rotatable bonds is 2. The second kappa shape index (κ2) is 4.80. The van der Waals surface area contributed by atoms with Gasteiger partial charge >= 0.3 is 5.97 Å². The van der Waals surface area contributed by atoms with Gasteiger partial charge in [0.2, 0.25) is 0 Å². The number of hydrogen-bond donors (Lipinski definition) is 2. The lowest BCUT2D eigenvalue weighted by Crippen LogP contribution is -2.15. The predicted octanol–water partition coefficient (Wildman–Crippen LogP) is 1.81. The molecule has 0 aliphatic rings. The summed E-state index contributed by atoms with van der Waals surface area (Å²) in [5.74, 6) is -2.67. The number of aliphatic hydroxyl groups is 1. The molecule has 0 aliphatic carbocycles. The van der Waals surface area contributed by atoms with Gasteiger partial charge in [0.05, 0.1) is 11.6 Å². The molecule has 0 saturated heterocycles. The summed E-state index contributed by atoms with van der Waals surface area (Å²) in [6, 6.07) is 1.26. The normalized spacial score (nSPS) is 12.3. The third-order valence-corrected chi connectivity index (χ3v) is 3.11. The number of aryl methyl sites for hydroxylation is 1. The quantitative estimate of drug-likeness (QED) is 0.816. The molecule has 0 fully saturated rings. The Kier molecular flexibility index (Phi) is 3.88. The maximum Gasteiger partial charge on any atom is 0.339 e. The van der Waals surface area contributed by atoms with Gasteiger partial charge in [0.1, 0.15) is 0 Å². The molecule has 1 atom stereocenters. The van der Waals surface area contributed by atoms with Gasteiger partial charge in [0.15, 0.2) is 17.7 Å². The molecule has 2 N–H and O–H groups in total. The average molecular weight is 293 g/mol. The van der Waals surface area contributed by atoms with Gasteiger partial charge in [-0.15, -0.1) is 0 Å². The summed E-state index contributed by atoms with van der Waals surface area (Å²) in [4.78, 5) is 11.0. The summed E-state index contributed by atoms with van der Waals surface area (Å²) in [5.41, 5.74) is 0.182. The number of hydrogen-bond acceptors (Lipinski definition) is 4. The monoisotopic (exact) mass is 292 g/mol. The van der Waals surface area contributed by atoms with Crippen LogP contribution in [-0.4, -0.2) is 23.3 Å². The SMILES string of the molecule is COC(=O)C(O)c1cc(C)c(Br)c(O)c1F. The number of carbonyl (C=O) groups excluding carboxylic acids is 1. The van der Waals surface area contributed by atoms with E-state index in [1.807, 2.05) is 0 Å². The van der Waals surface area contributed by atoms with Crippen LogP contribution in [-0.2, 0) is 9.53 Å². The van der Waals surface area contributed by atoms with E-state index in [2.05, 4.69) is 20.7 Å². The van der Waals surface area contributed by atoms with Gasteiger partial charge in [-0.05, 0) is 34.5 Å². The molecule has 0 radical (unpaired) electrons. The molecule has 0 aromatic heterocycles. The molecule has 1 rings (SSSR count). The Morgan fingerprint density at radius 3 is 2.69 bits per heavy atom. The molecule has 0 spiro atoms. The number of methoxy groups -OCH3 is 1. The van der Waals surface area contributed by atoms with E-state index in [-0.39, 0.29) is 10.0 Å². The Morgan fingerprint density at radius 2 is 2.19 bits per heavy atom. The molecule has 0 saturated carbocycles. The van der Waals surface area contributed by atoms with Gasteiger partial charge in [-0.3, -0.25) is 0 Å². The maximum absolute atomic E-state index is 13.5. The summed E-state index contributed by atoms with van der Waals surface area (Å²) in [5, 5.41) is 18.9. The number of phenols is 1. The van der Waals surface area contributed by atoms with Crippen LogP contribution in [0.2, 0.25) is 0 Å². The van der Waals surface area contributed by atoms with Crippen molar-refractivity contribution in [1.29, 1.82) is 0 Å². The number of carbonyl (C=O) groups is 1. The highest BCUT2D eigenvalue weighted by molar-refractivity contribution is 9.10. The first-order valence-corrected chi connectivity index (χ1v) is 5.12. The van der Waals surface area contributed by atoms with E-state index in [0.717, 1.165) is 7.11 Å². The highest BCUT2D eigenvalue weighted by Gasteiger charge is 2.25. The van der Waals surface area contributed by atoms with Crippen LogP contribution in [0.5, 0.6) is 5.75 Å². The van der Waals surface area contributed by atoms with Crippen molar-refractivity contribution in [2.45, 2.75) is 13.0 Å². The number of esters is 1. The summed E-state index contributed by atoms with van der Waals surface area (Å²) >= 11 is 2.98. The molecule has 4 nitrogen and oxygen atoms in total. The van der Waals surface area contributed by atoms with Crippen LogP contribution in [0.15, 0.2) is 10.5 Å². The molecular weight excluding hydrogens is 283 g/mol. The van der Waals surface area contributed by atoms with E-state index in [4.69, 9.17) is 0 Å². The van der Waals surface area contributed by atoms with E-state index < -0.39 is 23.6 Å². The fraction of sp³-hybridized carbons (Fsp3) is 0.300. The summed E-state index contributed by atoms with van der Waals surface area (Å²) in [7, 11) is 1.08. The van der Waals surface area contributed by atoms with Gasteiger partial charge in [-0.25, -0.2) is 9.18 Å². The molecule has 1 unspecified atom stereocenters. The Labute approximate surface area is 99.8 Å². The molecule has 1 aromatic rings. The topological polar surface area (TPSA) is 66.8 Å². The molecule has 6 heteroatoms. The molecule has 0 heterocycles. The number of aromatic hydroxyl groups is 1. The van der Waals surface area contributed by atoms with Crippen molar-refractivity contribution in [3.05, 3.63) is 27.5 Å². The van der Waals surface area contributed by atoms with Crippen LogP contribution >= 0.6 is 15.9 Å². The molecule has 0 amide bonds. The van der Waals surface area contributed by atoms with Crippen LogP contribution in [0.1, 0.15) is 17.2 Å². The number of ether oxygens (including phenoxy) is 1. The number of halogens is 2. The first kappa shape index (κ1) is 12.9. The van der Waals surface area contributed by atoms with Crippen LogP contribution in [0.4, 0.5) is 4.39 Å². The van der Waals surface area contributed by atoms with Gasteiger partial charge < -0.3 is 14.9 Å². The standard InChI is InChI=1S/C10H10BrFO4/c1-4-3-5(8(13)10(15)16-2)7(12)9(14)6(4)11/h3,8,13-14H,1-2H3. The average Bonchev–Trinajstić information content (AvgIpc) is 2.29. The number of phenolic OH excluding ortho intramolecular Hbond substituents is 1. The highest BCUT2D eigenvalue weighted by atomic mass is 79.9. The summed E-state index contributed by atoms with van der Waals surface area (Å²) in [6.07, 6.45) is -1.75. The lowest BCUT2D eigenvalue weighted by molar-refractivity contribution is -0.150. The van der Waals surface area contributed by atoms with Crippen LogP contribution in [0.3, 0.4) is 0 Å². The second-order valence-corrected chi connectivity index (χ2v) is 3.98. The Balaban J connectivity index is 3.30. The third-order valence-electron chi connectivity index (χ3n) is 2.11. The Morgan fingerprint density at radius 1 is 1.62 bits per heavy atom. The van der Waals surface area contributed by atoms with Crippen molar-refractivity contribution >= 4 is 21.9 Å². The number of aliphatic hydroxyl groups excluding tert-OH is 1. The minimum atomic E-state index is -1.75. The lowest BCUT2D eigenvalue weighted by atomic mass is 10.1. The minimum absolute atomic E-state index is 0.186. The molecule has 0 bridgehead atoms. The molecule has 16 heavy (non-hydrogen) atoms. The lowest BCUT2D eigenvalue weighted by Gasteiger charge is -2.13.